The van der Waals surface area contributed by atoms with Crippen LogP contribution in [0.25, 0.3) is 21.8 Å². The van der Waals surface area contributed by atoms with Crippen LogP contribution in [0.15, 0.2) is 64.3 Å². The molecule has 0 radical (unpaired) electrons. The Balaban J connectivity index is 1.47. The average Bonchev–Trinajstić information content (AvgIpc) is 3.38. The van der Waals surface area contributed by atoms with Crippen molar-refractivity contribution in [3.63, 3.8) is 0 Å². The summed E-state index contributed by atoms with van der Waals surface area (Å²) in [5.74, 6) is -0.536. The van der Waals surface area contributed by atoms with Crippen molar-refractivity contribution in [2.45, 2.75) is 50.9 Å². The molecule has 0 aliphatic carbocycles. The Kier molecular flexibility index (Phi) is 8.34. The number of aliphatic hydroxyl groups excluding tert-OH is 1. The van der Waals surface area contributed by atoms with Gasteiger partial charge in [0.25, 0.3) is 5.56 Å². The van der Waals surface area contributed by atoms with Gasteiger partial charge in [-0.1, -0.05) is 24.3 Å². The Bertz CT molecular complexity index is 1830. The summed E-state index contributed by atoms with van der Waals surface area (Å²) in [7, 11) is -2.59. The van der Waals surface area contributed by atoms with Crippen LogP contribution >= 0.6 is 7.75 Å². The summed E-state index contributed by atoms with van der Waals surface area (Å²) in [6.07, 6.45) is -3.87. The predicted molar refractivity (Wildman–Crippen MR) is 155 cm³/mol. The molecule has 15 heteroatoms. The molecule has 1 unspecified atom stereocenters. The normalized spacial score (nSPS) is 24.2. The molecule has 2 aromatic heterocycles. The summed E-state index contributed by atoms with van der Waals surface area (Å²) in [5, 5.41) is 14.8. The maximum absolute atomic E-state index is 15.7. The molecule has 13 nitrogen and oxygen atoms in total. The third kappa shape index (κ3) is 5.76. The van der Waals surface area contributed by atoms with Crippen LogP contribution in [-0.4, -0.2) is 62.3 Å². The first-order valence-corrected chi connectivity index (χ1v) is 15.1. The molecule has 1 fully saturated rings. The third-order valence-electron chi connectivity index (χ3n) is 7.34. The number of fused-ring (bicyclic) bond motifs is 3. The van der Waals surface area contributed by atoms with Crippen molar-refractivity contribution in [2.75, 3.05) is 13.2 Å². The monoisotopic (exact) mass is 618 g/mol. The minimum atomic E-state index is -4.47. The number of hydrogen-bond acceptors (Lipinski definition) is 9. The lowest BCUT2D eigenvalue weighted by atomic mass is 9.98. The number of carbonyl (C=O) groups is 1. The van der Waals surface area contributed by atoms with E-state index in [1.54, 1.807) is 19.1 Å². The number of benzene rings is 2. The molecule has 3 heterocycles. The van der Waals surface area contributed by atoms with Crippen LogP contribution in [0, 0.1) is 0 Å². The highest BCUT2D eigenvalue weighted by atomic mass is 31.2. The Labute approximate surface area is 244 Å². The number of carbonyl (C=O) groups excluding carboxylic acids is 1. The van der Waals surface area contributed by atoms with E-state index in [-0.39, 0.29) is 12.4 Å². The van der Waals surface area contributed by atoms with Gasteiger partial charge in [-0.2, -0.15) is 5.09 Å². The number of alkyl halides is 1. The second kappa shape index (κ2) is 11.7. The molecule has 6 atom stereocenters. The SMILES string of the molecule is CCOC(=O)[C@H](C)NP(=O)(OC[C@H]1O[C@@H](n2ccc(=O)[nH]c2=O)[C@](C)(F)[C@@H]1O)Oc1cccc2c1c1ccccc1n2C. The van der Waals surface area contributed by atoms with Gasteiger partial charge in [0.1, 0.15) is 24.0 Å². The van der Waals surface area contributed by atoms with Gasteiger partial charge in [-0.05, 0) is 39.0 Å². The van der Waals surface area contributed by atoms with E-state index in [2.05, 4.69) is 5.09 Å². The first-order valence-electron chi connectivity index (χ1n) is 13.5. The van der Waals surface area contributed by atoms with Crippen LogP contribution in [0.4, 0.5) is 4.39 Å². The number of aliphatic hydroxyl groups is 1. The number of aromatic nitrogens is 3. The second-order valence-electron chi connectivity index (χ2n) is 10.4. The van der Waals surface area contributed by atoms with Gasteiger partial charge in [0.2, 0.25) is 0 Å². The number of esters is 1. The number of nitrogens with zero attached hydrogens (tertiary/aromatic N) is 2. The predicted octanol–water partition coefficient (Wildman–Crippen LogP) is 2.91. The van der Waals surface area contributed by atoms with Gasteiger partial charge in [-0.25, -0.2) is 13.8 Å². The number of nitrogens with one attached hydrogen (secondary N) is 2. The van der Waals surface area contributed by atoms with E-state index in [9.17, 15) is 24.1 Å². The molecule has 5 rings (SSSR count). The molecule has 3 N–H and O–H groups in total. The zero-order valence-corrected chi connectivity index (χ0v) is 24.7. The lowest BCUT2D eigenvalue weighted by Crippen LogP contribution is -2.43. The smallest absolute Gasteiger partial charge is 0.459 e. The molecular weight excluding hydrogens is 586 g/mol. The topological polar surface area (TPSA) is 163 Å². The second-order valence-corrected chi connectivity index (χ2v) is 12.0. The standard InChI is InChI=1S/C28H32FN4O9P/c1-5-39-25(36)16(2)31-43(38,42-20-12-8-11-19-23(20)17-9-6-7-10-18(17)32(19)4)40-15-21-24(35)28(3,29)26(41-21)33-14-13-22(34)30-27(33)37/h6-14,16,21,24,26,35H,5,15H2,1-4H3,(H,31,38)(H,30,34,37)/t16-,21+,24+,26+,28+,43?/m0/s1. The molecule has 0 bridgehead atoms. The van der Waals surface area contributed by atoms with E-state index in [1.165, 1.54) is 6.92 Å². The number of aryl methyl sites for hydroxylation is 1. The lowest BCUT2D eigenvalue weighted by molar-refractivity contribution is -0.144. The molecule has 0 spiro atoms. The minimum Gasteiger partial charge on any atom is -0.465 e. The van der Waals surface area contributed by atoms with Crippen molar-refractivity contribution in [3.05, 3.63) is 75.6 Å². The Morgan fingerprint density at radius 1 is 1.21 bits per heavy atom. The average molecular weight is 619 g/mol. The number of ether oxygens (including phenoxy) is 2. The van der Waals surface area contributed by atoms with Crippen LogP contribution < -0.4 is 20.9 Å². The van der Waals surface area contributed by atoms with E-state index in [0.717, 1.165) is 40.2 Å². The highest BCUT2D eigenvalue weighted by Gasteiger charge is 2.56. The number of H-pyrrole nitrogens is 1. The van der Waals surface area contributed by atoms with Gasteiger partial charge in [0.05, 0.1) is 24.1 Å². The van der Waals surface area contributed by atoms with E-state index in [0.29, 0.717) is 5.39 Å². The number of hydrogen-bond donors (Lipinski definition) is 3. The van der Waals surface area contributed by atoms with Gasteiger partial charge >= 0.3 is 19.4 Å². The van der Waals surface area contributed by atoms with Crippen LogP contribution in [-0.2, 0) is 30.4 Å². The van der Waals surface area contributed by atoms with E-state index < -0.39 is 61.7 Å². The summed E-state index contributed by atoms with van der Waals surface area (Å²) >= 11 is 0. The molecule has 1 aliphatic rings. The van der Waals surface area contributed by atoms with Gasteiger partial charge in [0.15, 0.2) is 11.9 Å². The van der Waals surface area contributed by atoms with Crippen LogP contribution in [0.1, 0.15) is 27.0 Å². The van der Waals surface area contributed by atoms with Crippen molar-refractivity contribution in [1.82, 2.24) is 19.2 Å². The van der Waals surface area contributed by atoms with Crippen LogP contribution in [0.2, 0.25) is 0 Å². The van der Waals surface area contributed by atoms with Crippen molar-refractivity contribution in [3.8, 4) is 5.75 Å². The number of para-hydroxylation sites is 1. The van der Waals surface area contributed by atoms with Crippen LogP contribution in [0.5, 0.6) is 5.75 Å². The fraction of sp³-hybridized carbons (Fsp3) is 0.393. The molecule has 2 aromatic carbocycles. The Morgan fingerprint density at radius 2 is 1.93 bits per heavy atom. The zero-order chi connectivity index (χ0) is 31.1. The molecule has 0 amide bonds. The fourth-order valence-electron chi connectivity index (χ4n) is 5.16. The molecular formula is C28H32FN4O9P. The number of rotatable bonds is 10. The zero-order valence-electron chi connectivity index (χ0n) is 23.9. The first kappa shape index (κ1) is 30.6. The van der Waals surface area contributed by atoms with Crippen molar-refractivity contribution in [1.29, 1.82) is 0 Å². The molecule has 43 heavy (non-hydrogen) atoms. The highest BCUT2D eigenvalue weighted by molar-refractivity contribution is 7.52. The summed E-state index contributed by atoms with van der Waals surface area (Å²) in [4.78, 5) is 38.2. The number of aromatic amines is 1. The third-order valence-corrected chi connectivity index (χ3v) is 8.97. The summed E-state index contributed by atoms with van der Waals surface area (Å²) < 4.78 is 55.1. The highest BCUT2D eigenvalue weighted by Crippen LogP contribution is 2.49. The molecule has 4 aromatic rings. The fourth-order valence-corrected chi connectivity index (χ4v) is 6.68. The van der Waals surface area contributed by atoms with Crippen LogP contribution in [0.3, 0.4) is 0 Å². The summed E-state index contributed by atoms with van der Waals surface area (Å²) in [5.41, 5.74) is -2.48. The lowest BCUT2D eigenvalue weighted by Gasteiger charge is -2.25. The van der Waals surface area contributed by atoms with E-state index in [4.69, 9.17) is 18.5 Å². The van der Waals surface area contributed by atoms with Gasteiger partial charge < -0.3 is 23.7 Å². The summed E-state index contributed by atoms with van der Waals surface area (Å²) in [6, 6.07) is 12.6. The Hall–Kier alpha value is -3.81. The maximum Gasteiger partial charge on any atom is 0.459 e. The van der Waals surface area contributed by atoms with E-state index >= 15 is 4.39 Å². The molecule has 230 valence electrons. The van der Waals surface area contributed by atoms with Crippen molar-refractivity contribution in [2.24, 2.45) is 7.05 Å². The Morgan fingerprint density at radius 3 is 2.65 bits per heavy atom. The van der Waals surface area contributed by atoms with Gasteiger partial charge in [-0.15, -0.1) is 0 Å². The van der Waals surface area contributed by atoms with Gasteiger partial charge in [0, 0.05) is 30.2 Å². The van der Waals surface area contributed by atoms with Crippen molar-refractivity contribution >= 4 is 35.5 Å². The van der Waals surface area contributed by atoms with Crippen molar-refractivity contribution < 1.29 is 37.4 Å². The first-order chi connectivity index (χ1) is 20.4. The molecule has 0 saturated carbocycles. The van der Waals surface area contributed by atoms with E-state index in [1.807, 2.05) is 46.9 Å². The largest absolute Gasteiger partial charge is 0.465 e. The maximum atomic E-state index is 15.7. The quantitative estimate of drug-likeness (QED) is 0.178. The minimum absolute atomic E-state index is 0.0783. The summed E-state index contributed by atoms with van der Waals surface area (Å²) in [6.45, 7) is 3.47. The number of halogens is 1. The molecule has 1 aliphatic heterocycles. The van der Waals surface area contributed by atoms with Gasteiger partial charge in [-0.3, -0.25) is 23.7 Å². The molecule has 1 saturated heterocycles.